The molecule has 1 aromatic carbocycles. The van der Waals surface area contributed by atoms with Crippen LogP contribution >= 0.6 is 34.2 Å². The van der Waals surface area contributed by atoms with Crippen LogP contribution in [0.25, 0.3) is 0 Å². The van der Waals surface area contributed by atoms with E-state index in [1.165, 1.54) is 0 Å². The summed E-state index contributed by atoms with van der Waals surface area (Å²) in [7, 11) is -2.88. The summed E-state index contributed by atoms with van der Waals surface area (Å²) >= 11 is 8.29. The van der Waals surface area contributed by atoms with Crippen molar-refractivity contribution in [2.45, 2.75) is 18.9 Å². The Bertz CT molecular complexity index is 518. The predicted molar refractivity (Wildman–Crippen MR) is 79.5 cm³/mol. The SMILES string of the molecule is O=S1(=O)CCCC(Nc2ccc(I)cc2Cl)C1. The van der Waals surface area contributed by atoms with Gasteiger partial charge in [0.05, 0.1) is 22.2 Å². The fourth-order valence-corrected chi connectivity index (χ4v) is 4.51. The number of halogens is 2. The Hall–Kier alpha value is -0.0100. The first kappa shape index (κ1) is 13.4. The van der Waals surface area contributed by atoms with Crippen LogP contribution in [0.15, 0.2) is 18.2 Å². The number of benzene rings is 1. The fraction of sp³-hybridized carbons (Fsp3) is 0.455. The molecule has 17 heavy (non-hydrogen) atoms. The standard InChI is InChI=1S/C11H13ClINO2S/c12-10-6-8(13)3-4-11(10)14-9-2-1-5-17(15,16)7-9/h3-4,6,9,14H,1-2,5,7H2. The molecule has 0 aliphatic carbocycles. The lowest BCUT2D eigenvalue weighted by Crippen LogP contribution is -2.34. The van der Waals surface area contributed by atoms with Crippen molar-refractivity contribution in [3.63, 3.8) is 0 Å². The molecule has 0 spiro atoms. The monoisotopic (exact) mass is 385 g/mol. The van der Waals surface area contributed by atoms with Gasteiger partial charge in [-0.2, -0.15) is 0 Å². The molecular weight excluding hydrogens is 373 g/mol. The van der Waals surface area contributed by atoms with E-state index in [1.807, 2.05) is 18.2 Å². The van der Waals surface area contributed by atoms with Gasteiger partial charge in [-0.3, -0.25) is 0 Å². The van der Waals surface area contributed by atoms with Crippen molar-refractivity contribution in [1.82, 2.24) is 0 Å². The van der Waals surface area contributed by atoms with Crippen molar-refractivity contribution in [3.8, 4) is 0 Å². The number of anilines is 1. The number of nitrogens with one attached hydrogen (secondary N) is 1. The summed E-state index contributed by atoms with van der Waals surface area (Å²) in [6.45, 7) is 0. The third kappa shape index (κ3) is 3.72. The lowest BCUT2D eigenvalue weighted by atomic mass is 10.1. The van der Waals surface area contributed by atoms with Crippen LogP contribution in [-0.4, -0.2) is 26.0 Å². The first-order valence-electron chi connectivity index (χ1n) is 5.38. The van der Waals surface area contributed by atoms with Crippen molar-refractivity contribution < 1.29 is 8.42 Å². The average Bonchev–Trinajstić information content (AvgIpc) is 2.21. The normalized spacial score (nSPS) is 23.3. The Labute approximate surface area is 120 Å². The number of sulfone groups is 1. The highest BCUT2D eigenvalue weighted by atomic mass is 127. The second-order valence-corrected chi connectivity index (χ2v) is 8.10. The van der Waals surface area contributed by atoms with E-state index in [0.717, 1.165) is 22.1 Å². The zero-order chi connectivity index (χ0) is 12.5. The number of rotatable bonds is 2. The minimum Gasteiger partial charge on any atom is -0.380 e. The molecule has 1 aromatic rings. The van der Waals surface area contributed by atoms with Gasteiger partial charge in [0, 0.05) is 9.61 Å². The smallest absolute Gasteiger partial charge is 0.152 e. The third-order valence-electron chi connectivity index (χ3n) is 2.75. The molecule has 0 bridgehead atoms. The van der Waals surface area contributed by atoms with Gasteiger partial charge in [0.15, 0.2) is 9.84 Å². The zero-order valence-electron chi connectivity index (χ0n) is 9.12. The molecule has 1 aliphatic rings. The van der Waals surface area contributed by atoms with Crippen molar-refractivity contribution in [2.24, 2.45) is 0 Å². The van der Waals surface area contributed by atoms with Crippen LogP contribution in [0.5, 0.6) is 0 Å². The summed E-state index contributed by atoms with van der Waals surface area (Å²) in [6, 6.07) is 5.69. The minimum atomic E-state index is -2.88. The van der Waals surface area contributed by atoms with Gasteiger partial charge in [0.1, 0.15) is 0 Å². The first-order chi connectivity index (χ1) is 7.96. The van der Waals surface area contributed by atoms with Crippen LogP contribution in [0.4, 0.5) is 5.69 Å². The molecule has 1 atom stereocenters. The maximum atomic E-state index is 11.5. The summed E-state index contributed by atoms with van der Waals surface area (Å²) in [6.07, 6.45) is 1.60. The molecule has 0 saturated carbocycles. The molecule has 0 radical (unpaired) electrons. The summed E-state index contributed by atoms with van der Waals surface area (Å²) < 4.78 is 24.1. The highest BCUT2D eigenvalue weighted by molar-refractivity contribution is 14.1. The lowest BCUT2D eigenvalue weighted by molar-refractivity contribution is 0.562. The van der Waals surface area contributed by atoms with E-state index < -0.39 is 9.84 Å². The van der Waals surface area contributed by atoms with E-state index >= 15 is 0 Å². The first-order valence-corrected chi connectivity index (χ1v) is 8.66. The van der Waals surface area contributed by atoms with Crippen LogP contribution in [0, 0.1) is 3.57 Å². The molecule has 2 rings (SSSR count). The van der Waals surface area contributed by atoms with Crippen molar-refractivity contribution >= 4 is 49.7 Å². The highest BCUT2D eigenvalue weighted by Crippen LogP contribution is 2.26. The molecule has 1 unspecified atom stereocenters. The molecule has 6 heteroatoms. The predicted octanol–water partition coefficient (Wildman–Crippen LogP) is 2.93. The molecule has 94 valence electrons. The van der Waals surface area contributed by atoms with Gasteiger partial charge in [-0.1, -0.05) is 11.6 Å². The number of hydrogen-bond donors (Lipinski definition) is 1. The number of hydrogen-bond acceptors (Lipinski definition) is 3. The van der Waals surface area contributed by atoms with E-state index in [-0.39, 0.29) is 11.8 Å². The Balaban J connectivity index is 2.10. The summed E-state index contributed by atoms with van der Waals surface area (Å²) in [4.78, 5) is 0. The quantitative estimate of drug-likeness (QED) is 0.796. The zero-order valence-corrected chi connectivity index (χ0v) is 12.8. The van der Waals surface area contributed by atoms with E-state index in [9.17, 15) is 8.42 Å². The van der Waals surface area contributed by atoms with Gasteiger partial charge in [-0.15, -0.1) is 0 Å². The van der Waals surface area contributed by atoms with Crippen LogP contribution in [0.1, 0.15) is 12.8 Å². The minimum absolute atomic E-state index is 0.0219. The van der Waals surface area contributed by atoms with Crippen LogP contribution in [0.2, 0.25) is 5.02 Å². The Kier molecular flexibility index (Phi) is 4.20. The van der Waals surface area contributed by atoms with Crippen LogP contribution in [0.3, 0.4) is 0 Å². The summed E-state index contributed by atoms with van der Waals surface area (Å²) in [5, 5.41) is 3.86. The molecular formula is C11H13ClINO2S. The topological polar surface area (TPSA) is 46.2 Å². The molecule has 1 fully saturated rings. The molecule has 1 N–H and O–H groups in total. The molecule has 1 saturated heterocycles. The van der Waals surface area contributed by atoms with E-state index in [4.69, 9.17) is 11.6 Å². The van der Waals surface area contributed by atoms with Crippen LogP contribution < -0.4 is 5.32 Å². The molecule has 1 heterocycles. The second kappa shape index (κ2) is 5.32. The average molecular weight is 386 g/mol. The Morgan fingerprint density at radius 2 is 2.18 bits per heavy atom. The largest absolute Gasteiger partial charge is 0.380 e. The van der Waals surface area contributed by atoms with E-state index in [2.05, 4.69) is 27.9 Å². The molecule has 3 nitrogen and oxygen atoms in total. The van der Waals surface area contributed by atoms with Crippen molar-refractivity contribution in [3.05, 3.63) is 26.8 Å². The Morgan fingerprint density at radius 3 is 2.82 bits per heavy atom. The van der Waals surface area contributed by atoms with Crippen LogP contribution in [-0.2, 0) is 9.84 Å². The lowest BCUT2D eigenvalue weighted by Gasteiger charge is -2.24. The maximum Gasteiger partial charge on any atom is 0.152 e. The van der Waals surface area contributed by atoms with Crippen molar-refractivity contribution in [2.75, 3.05) is 16.8 Å². The van der Waals surface area contributed by atoms with Gasteiger partial charge >= 0.3 is 0 Å². The van der Waals surface area contributed by atoms with Gasteiger partial charge in [0.2, 0.25) is 0 Å². The maximum absolute atomic E-state index is 11.5. The van der Waals surface area contributed by atoms with Gasteiger partial charge in [-0.05, 0) is 53.6 Å². The molecule has 0 aromatic heterocycles. The van der Waals surface area contributed by atoms with E-state index in [1.54, 1.807) is 0 Å². The molecule has 1 aliphatic heterocycles. The summed E-state index contributed by atoms with van der Waals surface area (Å²) in [5.41, 5.74) is 0.814. The summed E-state index contributed by atoms with van der Waals surface area (Å²) in [5.74, 6) is 0.515. The Morgan fingerprint density at radius 1 is 1.41 bits per heavy atom. The van der Waals surface area contributed by atoms with Gasteiger partial charge in [0.25, 0.3) is 0 Å². The second-order valence-electron chi connectivity index (χ2n) is 4.22. The van der Waals surface area contributed by atoms with E-state index in [0.29, 0.717) is 10.8 Å². The fourth-order valence-electron chi connectivity index (χ4n) is 1.96. The molecule has 0 amide bonds. The van der Waals surface area contributed by atoms with Crippen molar-refractivity contribution in [1.29, 1.82) is 0 Å². The van der Waals surface area contributed by atoms with Gasteiger partial charge < -0.3 is 5.32 Å². The third-order valence-corrected chi connectivity index (χ3v) is 5.56. The highest BCUT2D eigenvalue weighted by Gasteiger charge is 2.24. The van der Waals surface area contributed by atoms with Gasteiger partial charge in [-0.25, -0.2) is 8.42 Å².